The maximum absolute atomic E-state index is 7.93. The normalized spacial score (nSPS) is 21.9. The highest BCUT2D eigenvalue weighted by Crippen LogP contribution is 2.35. The fourth-order valence-corrected chi connectivity index (χ4v) is 3.13. The highest BCUT2D eigenvalue weighted by molar-refractivity contribution is 8.26. The molecule has 0 bridgehead atoms. The van der Waals surface area contributed by atoms with Crippen molar-refractivity contribution < 1.29 is 0 Å². The van der Waals surface area contributed by atoms with Crippen molar-refractivity contribution in [1.29, 1.82) is 10.8 Å². The van der Waals surface area contributed by atoms with Crippen molar-refractivity contribution in [3.63, 3.8) is 0 Å². The number of amidine groups is 2. The van der Waals surface area contributed by atoms with Crippen LogP contribution in [0.5, 0.6) is 0 Å². The van der Waals surface area contributed by atoms with E-state index in [0.717, 1.165) is 27.3 Å². The first kappa shape index (κ1) is 11.4. The van der Waals surface area contributed by atoms with Crippen LogP contribution in [0.1, 0.15) is 16.7 Å². The van der Waals surface area contributed by atoms with Gasteiger partial charge in [-0.2, -0.15) is 0 Å². The number of rotatable bonds is 0. The minimum Gasteiger partial charge on any atom is -0.339 e. The first-order valence-electron chi connectivity index (χ1n) is 5.35. The minimum atomic E-state index is 0.301. The predicted molar refractivity (Wildman–Crippen MR) is 79.1 cm³/mol. The molecule has 2 aliphatic heterocycles. The van der Waals surface area contributed by atoms with Crippen LogP contribution in [0, 0.1) is 17.7 Å². The number of aryl methyl sites for hydroxylation is 1. The molecule has 2 heterocycles. The molecule has 1 fully saturated rings. The molecule has 1 aromatic carbocycles. The van der Waals surface area contributed by atoms with Crippen LogP contribution >= 0.6 is 24.0 Å². The largest absolute Gasteiger partial charge is 0.339 e. The third kappa shape index (κ3) is 1.65. The van der Waals surface area contributed by atoms with Crippen molar-refractivity contribution in [3.8, 4) is 0 Å². The zero-order valence-electron chi connectivity index (χ0n) is 9.55. The van der Waals surface area contributed by atoms with Gasteiger partial charge in [0, 0.05) is 11.1 Å². The fourth-order valence-electron chi connectivity index (χ4n) is 2.03. The quantitative estimate of drug-likeness (QED) is 0.547. The lowest BCUT2D eigenvalue weighted by Crippen LogP contribution is -2.19. The Kier molecular flexibility index (Phi) is 2.49. The van der Waals surface area contributed by atoms with E-state index in [1.165, 1.54) is 11.8 Å². The Labute approximate surface area is 114 Å². The molecular weight excluding hydrogens is 264 g/mol. The van der Waals surface area contributed by atoms with Crippen molar-refractivity contribution >= 4 is 45.7 Å². The molecule has 0 aromatic heterocycles. The van der Waals surface area contributed by atoms with E-state index in [0.29, 0.717) is 16.0 Å². The van der Waals surface area contributed by atoms with Crippen LogP contribution in [0.4, 0.5) is 0 Å². The SMILES string of the molecule is Cc1ccc2c(c1)/C(=C1\SC(=S)NC1=N)NC2=N. The topological polar surface area (TPSA) is 71.8 Å². The highest BCUT2D eigenvalue weighted by atomic mass is 32.2. The number of thioether (sulfide) groups is 1. The Morgan fingerprint density at radius 3 is 2.56 bits per heavy atom. The van der Waals surface area contributed by atoms with Crippen molar-refractivity contribution in [3.05, 3.63) is 39.8 Å². The summed E-state index contributed by atoms with van der Waals surface area (Å²) in [5.74, 6) is 0.674. The molecule has 2 aliphatic rings. The average molecular weight is 274 g/mol. The predicted octanol–water partition coefficient (Wildman–Crippen LogP) is 2.19. The molecule has 0 saturated carbocycles. The molecule has 1 aromatic rings. The molecule has 90 valence electrons. The Morgan fingerprint density at radius 2 is 1.89 bits per heavy atom. The van der Waals surface area contributed by atoms with Gasteiger partial charge in [-0.25, -0.2) is 0 Å². The summed E-state index contributed by atoms with van der Waals surface area (Å²) in [6.07, 6.45) is 0. The van der Waals surface area contributed by atoms with Gasteiger partial charge in [0.25, 0.3) is 0 Å². The summed E-state index contributed by atoms with van der Waals surface area (Å²) >= 11 is 6.42. The molecule has 0 atom stereocenters. The van der Waals surface area contributed by atoms with Crippen LogP contribution in [-0.2, 0) is 0 Å². The van der Waals surface area contributed by atoms with E-state index < -0.39 is 0 Å². The lowest BCUT2D eigenvalue weighted by atomic mass is 10.0. The zero-order valence-corrected chi connectivity index (χ0v) is 11.2. The molecule has 6 heteroatoms. The summed E-state index contributed by atoms with van der Waals surface area (Å²) in [5.41, 5.74) is 3.78. The summed E-state index contributed by atoms with van der Waals surface area (Å²) in [5, 5.41) is 21.7. The maximum atomic E-state index is 7.93. The molecular formula is C12H10N4S2. The van der Waals surface area contributed by atoms with E-state index in [1.54, 1.807) is 0 Å². The van der Waals surface area contributed by atoms with E-state index >= 15 is 0 Å². The fraction of sp³-hybridized carbons (Fsp3) is 0.0833. The van der Waals surface area contributed by atoms with E-state index in [4.69, 9.17) is 23.0 Å². The second-order valence-corrected chi connectivity index (χ2v) is 5.83. The molecule has 4 nitrogen and oxygen atoms in total. The van der Waals surface area contributed by atoms with Gasteiger partial charge in [0.05, 0.1) is 10.6 Å². The monoisotopic (exact) mass is 274 g/mol. The van der Waals surface area contributed by atoms with Crippen LogP contribution in [-0.4, -0.2) is 16.0 Å². The van der Waals surface area contributed by atoms with Gasteiger partial charge >= 0.3 is 0 Å². The van der Waals surface area contributed by atoms with Gasteiger partial charge in [-0.15, -0.1) is 0 Å². The van der Waals surface area contributed by atoms with Crippen molar-refractivity contribution in [1.82, 2.24) is 10.6 Å². The Morgan fingerprint density at radius 1 is 1.11 bits per heavy atom. The van der Waals surface area contributed by atoms with Gasteiger partial charge < -0.3 is 10.6 Å². The number of thiocarbonyl (C=S) groups is 1. The standard InChI is InChI=1S/C12H10N4S2/c1-5-2-3-6-7(4-5)8(15-10(6)13)9-11(14)16-12(17)18-9/h2-4H,1H3,(H2,13,15)(H2,14,16,17)/b9-8+. The number of hydrogen-bond donors (Lipinski definition) is 4. The number of benzene rings is 1. The van der Waals surface area contributed by atoms with Crippen LogP contribution in [0.15, 0.2) is 23.1 Å². The Hall–Kier alpha value is -1.66. The molecule has 0 spiro atoms. The molecule has 18 heavy (non-hydrogen) atoms. The van der Waals surface area contributed by atoms with E-state index in [-0.39, 0.29) is 0 Å². The summed E-state index contributed by atoms with van der Waals surface area (Å²) in [4.78, 5) is 0.758. The second-order valence-electron chi connectivity index (χ2n) is 4.14. The Bertz CT molecular complexity index is 645. The van der Waals surface area contributed by atoms with Crippen LogP contribution in [0.3, 0.4) is 0 Å². The third-order valence-electron chi connectivity index (χ3n) is 2.84. The summed E-state index contributed by atoms with van der Waals surface area (Å²) < 4.78 is 0.580. The summed E-state index contributed by atoms with van der Waals surface area (Å²) in [7, 11) is 0. The van der Waals surface area contributed by atoms with Crippen molar-refractivity contribution in [2.24, 2.45) is 0 Å². The Balaban J connectivity index is 2.21. The van der Waals surface area contributed by atoms with Gasteiger partial charge in [0.1, 0.15) is 16.0 Å². The number of nitrogens with one attached hydrogen (secondary N) is 4. The minimum absolute atomic E-state index is 0.301. The first-order chi connectivity index (χ1) is 8.56. The van der Waals surface area contributed by atoms with Crippen LogP contribution < -0.4 is 10.6 Å². The third-order valence-corrected chi connectivity index (χ3v) is 4.09. The lowest BCUT2D eigenvalue weighted by Gasteiger charge is -2.04. The van der Waals surface area contributed by atoms with Crippen molar-refractivity contribution in [2.45, 2.75) is 6.92 Å². The first-order valence-corrected chi connectivity index (χ1v) is 6.58. The smallest absolute Gasteiger partial charge is 0.144 e. The van der Waals surface area contributed by atoms with E-state index in [1.807, 2.05) is 25.1 Å². The average Bonchev–Trinajstić information content (AvgIpc) is 2.79. The van der Waals surface area contributed by atoms with Gasteiger partial charge in [-0.3, -0.25) is 10.8 Å². The molecule has 4 N–H and O–H groups in total. The number of fused-ring (bicyclic) bond motifs is 1. The molecule has 0 unspecified atom stereocenters. The van der Waals surface area contributed by atoms with Gasteiger partial charge in [-0.1, -0.05) is 41.7 Å². The second kappa shape index (κ2) is 3.93. The van der Waals surface area contributed by atoms with Crippen molar-refractivity contribution in [2.75, 3.05) is 0 Å². The number of hydrogen-bond acceptors (Lipinski definition) is 4. The highest BCUT2D eigenvalue weighted by Gasteiger charge is 2.29. The van der Waals surface area contributed by atoms with E-state index in [2.05, 4.69) is 10.6 Å². The van der Waals surface area contributed by atoms with Gasteiger partial charge in [0.15, 0.2) is 0 Å². The maximum Gasteiger partial charge on any atom is 0.144 e. The molecule has 1 saturated heterocycles. The lowest BCUT2D eigenvalue weighted by molar-refractivity contribution is 1.29. The van der Waals surface area contributed by atoms with Gasteiger partial charge in [0.2, 0.25) is 0 Å². The molecule has 0 aliphatic carbocycles. The molecule has 0 radical (unpaired) electrons. The molecule has 0 amide bonds. The zero-order chi connectivity index (χ0) is 12.9. The molecule has 3 rings (SSSR count). The van der Waals surface area contributed by atoms with Crippen LogP contribution in [0.2, 0.25) is 0 Å². The van der Waals surface area contributed by atoms with Gasteiger partial charge in [-0.05, 0) is 13.0 Å². The summed E-state index contributed by atoms with van der Waals surface area (Å²) in [6.45, 7) is 2.01. The summed E-state index contributed by atoms with van der Waals surface area (Å²) in [6, 6.07) is 5.95. The van der Waals surface area contributed by atoms with E-state index in [9.17, 15) is 0 Å². The van der Waals surface area contributed by atoms with Crippen LogP contribution in [0.25, 0.3) is 5.70 Å².